The fraction of sp³-hybridized carbons (Fsp3) is 0.455. The average molecular weight is 243 g/mol. The van der Waals surface area contributed by atoms with Gasteiger partial charge in [-0.15, -0.1) is 0 Å². The first-order valence-corrected chi connectivity index (χ1v) is 6.91. The summed E-state index contributed by atoms with van der Waals surface area (Å²) in [7, 11) is -3.13. The van der Waals surface area contributed by atoms with Gasteiger partial charge in [-0.2, -0.15) is 0 Å². The normalized spacial score (nSPS) is 29.1. The van der Waals surface area contributed by atoms with Gasteiger partial charge in [0.05, 0.1) is 5.25 Å². The second-order valence-corrected chi connectivity index (χ2v) is 6.52. The van der Waals surface area contributed by atoms with Gasteiger partial charge in [-0.05, 0) is 17.7 Å². The Bertz CT molecular complexity index is 500. The zero-order valence-corrected chi connectivity index (χ0v) is 9.75. The third-order valence-electron chi connectivity index (χ3n) is 3.06. The summed E-state index contributed by atoms with van der Waals surface area (Å²) in [5, 5.41) is -0.542. The molecule has 0 bridgehead atoms. The minimum Gasteiger partial charge on any atom is -0.326 e. The Labute approximate surface area is 94.4 Å². The number of benzene rings is 1. The van der Waals surface area contributed by atoms with E-state index in [0.717, 1.165) is 0 Å². The molecule has 0 unspecified atom stereocenters. The smallest absolute Gasteiger partial charge is 0.155 e. The summed E-state index contributed by atoms with van der Waals surface area (Å²) >= 11 is 0. The van der Waals surface area contributed by atoms with E-state index in [1.54, 1.807) is 19.1 Å². The standard InChI is InChI=1S/C11H14FNO2S/c1-2-16(14,15)11-9(10(11)13)7-4-3-5-8(12)6-7/h3-6,9-11H,2,13H2,1H3/t9-,10+,11+/m1/s1. The zero-order chi connectivity index (χ0) is 11.9. The molecule has 0 aromatic heterocycles. The van der Waals surface area contributed by atoms with E-state index in [1.165, 1.54) is 12.1 Å². The summed E-state index contributed by atoms with van der Waals surface area (Å²) in [4.78, 5) is 0. The van der Waals surface area contributed by atoms with Crippen LogP contribution in [-0.2, 0) is 9.84 Å². The monoisotopic (exact) mass is 243 g/mol. The second kappa shape index (κ2) is 3.82. The van der Waals surface area contributed by atoms with Gasteiger partial charge in [-0.1, -0.05) is 19.1 Å². The Balaban J connectivity index is 2.27. The van der Waals surface area contributed by atoms with Gasteiger partial charge in [0.2, 0.25) is 0 Å². The predicted octanol–water partition coefficient (Wildman–Crippen LogP) is 1.05. The summed E-state index contributed by atoms with van der Waals surface area (Å²) in [5.41, 5.74) is 6.43. The molecule has 1 aromatic rings. The molecule has 0 spiro atoms. The van der Waals surface area contributed by atoms with Crippen molar-refractivity contribution < 1.29 is 12.8 Å². The number of halogens is 1. The maximum atomic E-state index is 13.0. The minimum absolute atomic E-state index is 0.0805. The molecule has 3 nitrogen and oxygen atoms in total. The van der Waals surface area contributed by atoms with Crippen molar-refractivity contribution in [2.24, 2.45) is 5.73 Å². The molecule has 3 atom stereocenters. The third kappa shape index (κ3) is 1.85. The largest absolute Gasteiger partial charge is 0.326 e. The van der Waals surface area contributed by atoms with E-state index in [2.05, 4.69) is 0 Å². The van der Waals surface area contributed by atoms with Crippen LogP contribution in [0.1, 0.15) is 18.4 Å². The molecule has 0 aliphatic heterocycles. The maximum Gasteiger partial charge on any atom is 0.155 e. The van der Waals surface area contributed by atoms with E-state index in [0.29, 0.717) is 5.56 Å². The Morgan fingerprint density at radius 3 is 2.69 bits per heavy atom. The van der Waals surface area contributed by atoms with Crippen LogP contribution in [0.3, 0.4) is 0 Å². The molecule has 0 amide bonds. The van der Waals surface area contributed by atoms with E-state index in [4.69, 9.17) is 5.73 Å². The van der Waals surface area contributed by atoms with Crippen LogP contribution in [0.5, 0.6) is 0 Å². The molecule has 2 N–H and O–H groups in total. The van der Waals surface area contributed by atoms with E-state index < -0.39 is 21.1 Å². The van der Waals surface area contributed by atoms with Crippen LogP contribution in [0.15, 0.2) is 24.3 Å². The van der Waals surface area contributed by atoms with Crippen molar-refractivity contribution in [1.29, 1.82) is 0 Å². The van der Waals surface area contributed by atoms with Crippen LogP contribution in [0.4, 0.5) is 4.39 Å². The van der Waals surface area contributed by atoms with Gasteiger partial charge in [-0.25, -0.2) is 12.8 Å². The van der Waals surface area contributed by atoms with Crippen molar-refractivity contribution in [2.45, 2.75) is 24.1 Å². The number of hydrogen-bond acceptors (Lipinski definition) is 3. The van der Waals surface area contributed by atoms with Crippen LogP contribution in [-0.4, -0.2) is 25.5 Å². The average Bonchev–Trinajstić information content (AvgIpc) is 2.91. The van der Waals surface area contributed by atoms with Gasteiger partial charge >= 0.3 is 0 Å². The van der Waals surface area contributed by atoms with Crippen molar-refractivity contribution in [1.82, 2.24) is 0 Å². The summed E-state index contributed by atoms with van der Waals surface area (Å²) in [5.74, 6) is -0.526. The molecule has 0 radical (unpaired) electrons. The number of nitrogens with two attached hydrogens (primary N) is 1. The lowest BCUT2D eigenvalue weighted by molar-refractivity contribution is 0.594. The highest BCUT2D eigenvalue weighted by molar-refractivity contribution is 7.92. The lowest BCUT2D eigenvalue weighted by Crippen LogP contribution is -2.17. The summed E-state index contributed by atoms with van der Waals surface area (Å²) in [6, 6.07) is 5.59. The first-order valence-electron chi connectivity index (χ1n) is 5.20. The summed E-state index contributed by atoms with van der Waals surface area (Å²) in [6.45, 7) is 1.60. The fourth-order valence-corrected chi connectivity index (χ4v) is 3.81. The molecule has 1 aromatic carbocycles. The van der Waals surface area contributed by atoms with Gasteiger partial charge in [0.1, 0.15) is 5.82 Å². The fourth-order valence-electron chi connectivity index (χ4n) is 2.09. The van der Waals surface area contributed by atoms with Crippen molar-refractivity contribution in [3.63, 3.8) is 0 Å². The summed E-state index contributed by atoms with van der Waals surface area (Å²) in [6.07, 6.45) is 0. The molecule has 0 heterocycles. The minimum atomic E-state index is -3.13. The Morgan fingerprint density at radius 1 is 1.44 bits per heavy atom. The highest BCUT2D eigenvalue weighted by atomic mass is 32.2. The Kier molecular flexibility index (Phi) is 2.75. The number of hydrogen-bond donors (Lipinski definition) is 1. The molecule has 1 saturated carbocycles. The highest BCUT2D eigenvalue weighted by Crippen LogP contribution is 2.45. The number of rotatable bonds is 3. The molecule has 2 rings (SSSR count). The van der Waals surface area contributed by atoms with Gasteiger partial charge in [-0.3, -0.25) is 0 Å². The van der Waals surface area contributed by atoms with Gasteiger partial charge < -0.3 is 5.73 Å². The van der Waals surface area contributed by atoms with Crippen molar-refractivity contribution in [3.05, 3.63) is 35.6 Å². The molecule has 0 saturated heterocycles. The first kappa shape index (κ1) is 11.5. The van der Waals surface area contributed by atoms with E-state index in [-0.39, 0.29) is 17.5 Å². The third-order valence-corrected chi connectivity index (χ3v) is 5.30. The van der Waals surface area contributed by atoms with Crippen molar-refractivity contribution >= 4 is 9.84 Å². The summed E-state index contributed by atoms with van der Waals surface area (Å²) < 4.78 is 36.3. The maximum absolute atomic E-state index is 13.0. The lowest BCUT2D eigenvalue weighted by atomic mass is 10.1. The van der Waals surface area contributed by atoms with Gasteiger partial charge in [0.25, 0.3) is 0 Å². The lowest BCUT2D eigenvalue weighted by Gasteiger charge is -2.00. The second-order valence-electron chi connectivity index (χ2n) is 4.07. The van der Waals surface area contributed by atoms with Crippen LogP contribution in [0.25, 0.3) is 0 Å². The molecular weight excluding hydrogens is 229 g/mol. The predicted molar refractivity (Wildman–Crippen MR) is 60.4 cm³/mol. The highest BCUT2D eigenvalue weighted by Gasteiger charge is 2.55. The van der Waals surface area contributed by atoms with Crippen molar-refractivity contribution in [3.8, 4) is 0 Å². The molecular formula is C11H14FNO2S. The Morgan fingerprint density at radius 2 is 2.12 bits per heavy atom. The zero-order valence-electron chi connectivity index (χ0n) is 8.93. The number of sulfone groups is 1. The van der Waals surface area contributed by atoms with Crippen LogP contribution in [0, 0.1) is 5.82 Å². The SMILES string of the molecule is CCS(=O)(=O)[C@@H]1[C@@H](N)[C@H]1c1cccc(F)c1. The van der Waals surface area contributed by atoms with Gasteiger partial charge in [0, 0.05) is 17.7 Å². The topological polar surface area (TPSA) is 60.2 Å². The van der Waals surface area contributed by atoms with Crippen LogP contribution >= 0.6 is 0 Å². The first-order chi connectivity index (χ1) is 7.47. The Hall–Kier alpha value is -0.940. The molecule has 16 heavy (non-hydrogen) atoms. The van der Waals surface area contributed by atoms with Crippen LogP contribution < -0.4 is 5.73 Å². The van der Waals surface area contributed by atoms with Gasteiger partial charge in [0.15, 0.2) is 9.84 Å². The quantitative estimate of drug-likeness (QED) is 0.863. The molecule has 1 fully saturated rings. The molecule has 1 aliphatic rings. The van der Waals surface area contributed by atoms with Crippen LogP contribution in [0.2, 0.25) is 0 Å². The molecule has 1 aliphatic carbocycles. The van der Waals surface area contributed by atoms with E-state index >= 15 is 0 Å². The van der Waals surface area contributed by atoms with E-state index in [9.17, 15) is 12.8 Å². The molecule has 5 heteroatoms. The molecule has 88 valence electrons. The van der Waals surface area contributed by atoms with Crippen molar-refractivity contribution in [2.75, 3.05) is 5.75 Å². The van der Waals surface area contributed by atoms with E-state index in [1.807, 2.05) is 0 Å².